The first-order valence-corrected chi connectivity index (χ1v) is 23.0. The highest BCUT2D eigenvalue weighted by Crippen LogP contribution is 2.61. The Morgan fingerprint density at radius 2 is 1.55 bits per heavy atom. The lowest BCUT2D eigenvalue weighted by Crippen LogP contribution is -2.55. The highest BCUT2D eigenvalue weighted by molar-refractivity contribution is 6.72. The van der Waals surface area contributed by atoms with Crippen LogP contribution in [-0.4, -0.2) is 83.3 Å². The maximum absolute atomic E-state index is 16.7. The topological polar surface area (TPSA) is 174 Å². The van der Waals surface area contributed by atoms with Crippen molar-refractivity contribution in [3.05, 3.63) is 101 Å². The van der Waals surface area contributed by atoms with Gasteiger partial charge in [0.1, 0.15) is 0 Å². The van der Waals surface area contributed by atoms with Gasteiger partial charge in [-0.3, -0.25) is 38.5 Å². The second-order valence-corrected chi connectivity index (χ2v) is 20.2. The fourth-order valence-electron chi connectivity index (χ4n) is 9.42. The summed E-state index contributed by atoms with van der Waals surface area (Å²) < 4.78 is 36.0. The molecule has 0 saturated carbocycles. The van der Waals surface area contributed by atoms with Gasteiger partial charge in [-0.1, -0.05) is 54.6 Å². The molecule has 0 bridgehead atoms. The lowest BCUT2D eigenvalue weighted by atomic mass is 9.82. The summed E-state index contributed by atoms with van der Waals surface area (Å²) in [6, 6.07) is 21.7. The number of nitrogens with zero attached hydrogens (tertiary/aromatic N) is 6. The van der Waals surface area contributed by atoms with Crippen LogP contribution >= 0.6 is 0 Å². The maximum Gasteiger partial charge on any atom is 0.304 e. The third-order valence-electron chi connectivity index (χ3n) is 12.1. The molecule has 4 aliphatic rings. The third kappa shape index (κ3) is 7.17. The van der Waals surface area contributed by atoms with E-state index in [9.17, 15) is 24.3 Å². The quantitative estimate of drug-likeness (QED) is 0.0825. The van der Waals surface area contributed by atoms with Crippen LogP contribution in [-0.2, 0) is 56.9 Å². The molecule has 17 heteroatoms. The summed E-state index contributed by atoms with van der Waals surface area (Å²) in [4.78, 5) is 68.5. The Hall–Kier alpha value is -5.78. The van der Waals surface area contributed by atoms with Crippen molar-refractivity contribution in [2.45, 2.75) is 102 Å². The Morgan fingerprint density at radius 3 is 2.13 bits per heavy atom. The summed E-state index contributed by atoms with van der Waals surface area (Å²) in [6.07, 6.45) is -0.0324. The van der Waals surface area contributed by atoms with Crippen LogP contribution in [0.25, 0.3) is 0 Å². The zero-order valence-electron chi connectivity index (χ0n) is 34.0. The number of fused-ring (bicyclic) bond motifs is 2. The second-order valence-electron chi connectivity index (χ2n) is 16.4. The number of carbonyl (C=O) groups is 5. The lowest BCUT2D eigenvalue weighted by Gasteiger charge is -2.39. The molecule has 314 valence electrons. The van der Waals surface area contributed by atoms with Gasteiger partial charge in [-0.15, -0.1) is 5.10 Å². The van der Waals surface area contributed by atoms with E-state index in [-0.39, 0.29) is 49.6 Å². The zero-order valence-corrected chi connectivity index (χ0v) is 35.0. The number of anilines is 3. The van der Waals surface area contributed by atoms with E-state index in [1.165, 1.54) is 23.6 Å². The predicted molar refractivity (Wildman–Crippen MR) is 217 cm³/mol. The van der Waals surface area contributed by atoms with Crippen LogP contribution < -0.4 is 14.7 Å². The number of β-lactam (4-membered cyclic amide) rings is 2. The number of rotatable bonds is 13. The van der Waals surface area contributed by atoms with Crippen LogP contribution in [0.15, 0.2) is 79.0 Å². The molecule has 8 rings (SSSR count). The molecule has 0 radical (unpaired) electrons. The number of aliphatic hydroxyl groups excluding tert-OH is 1. The van der Waals surface area contributed by atoms with Crippen LogP contribution in [0.2, 0.25) is 18.6 Å². The Bertz CT molecular complexity index is 2340. The van der Waals surface area contributed by atoms with Gasteiger partial charge >= 0.3 is 11.9 Å². The Labute approximate surface area is 347 Å². The fraction of sp³-hybridized carbons (Fsp3) is 0.419. The highest BCUT2D eigenvalue weighted by atomic mass is 28.4. The number of hydrogen-bond acceptors (Lipinski definition) is 11. The SMILES string of the molecule is CC(=O)OC1CC(=O)N1c1ccc(CN2C(=O)[C@@]3(O[C@@H](CCn4cc(C(CO)c5ccccc5)nn4)[C@H]([Si](C)(C)F)[C@H]3C)c3cc(N4C(=O)CC4OC(C)=O)ccc32)cc1. The molecule has 3 saturated heterocycles. The molecule has 1 N–H and O–H groups in total. The minimum atomic E-state index is -3.56. The second kappa shape index (κ2) is 15.7. The molecule has 0 aliphatic carbocycles. The zero-order chi connectivity index (χ0) is 42.7. The monoisotopic (exact) mass is 838 g/mol. The van der Waals surface area contributed by atoms with E-state index in [0.717, 1.165) is 11.1 Å². The summed E-state index contributed by atoms with van der Waals surface area (Å²) in [7, 11) is -3.56. The van der Waals surface area contributed by atoms with Crippen LogP contribution in [0.5, 0.6) is 0 Å². The highest BCUT2D eigenvalue weighted by Gasteiger charge is 2.67. The molecule has 1 aromatic heterocycles. The van der Waals surface area contributed by atoms with Gasteiger partial charge < -0.3 is 28.3 Å². The molecule has 3 aromatic carbocycles. The molecule has 3 unspecified atom stereocenters. The number of halogens is 1. The van der Waals surface area contributed by atoms with Crippen molar-refractivity contribution in [3.8, 4) is 0 Å². The van der Waals surface area contributed by atoms with Crippen molar-refractivity contribution in [2.24, 2.45) is 5.92 Å². The number of amides is 3. The number of esters is 2. The number of carbonyl (C=O) groups excluding carboxylic acids is 5. The van der Waals surface area contributed by atoms with E-state index in [4.69, 9.17) is 14.2 Å². The molecule has 4 aromatic rings. The van der Waals surface area contributed by atoms with E-state index in [1.807, 2.05) is 37.3 Å². The average molecular weight is 839 g/mol. The summed E-state index contributed by atoms with van der Waals surface area (Å²) in [5.74, 6) is -2.88. The lowest BCUT2D eigenvalue weighted by molar-refractivity contribution is -0.155. The van der Waals surface area contributed by atoms with Crippen LogP contribution in [0.1, 0.15) is 68.3 Å². The summed E-state index contributed by atoms with van der Waals surface area (Å²) >= 11 is 0. The van der Waals surface area contributed by atoms with Crippen molar-refractivity contribution in [1.29, 1.82) is 0 Å². The number of aromatic nitrogens is 3. The number of ether oxygens (including phenoxy) is 3. The molecule has 5 heterocycles. The molecule has 3 fully saturated rings. The minimum Gasteiger partial charge on any atom is -0.441 e. The summed E-state index contributed by atoms with van der Waals surface area (Å²) in [6.45, 7) is 7.89. The van der Waals surface area contributed by atoms with Crippen molar-refractivity contribution < 1.29 is 47.4 Å². The number of aliphatic hydroxyl groups is 1. The molecule has 60 heavy (non-hydrogen) atoms. The Kier molecular flexibility index (Phi) is 10.7. The van der Waals surface area contributed by atoms with Gasteiger partial charge in [0, 0.05) is 55.0 Å². The fourth-order valence-corrected chi connectivity index (χ4v) is 12.0. The molecule has 15 nitrogen and oxygen atoms in total. The smallest absolute Gasteiger partial charge is 0.304 e. The predicted octanol–water partition coefficient (Wildman–Crippen LogP) is 5.07. The molecule has 7 atom stereocenters. The van der Waals surface area contributed by atoms with Crippen molar-refractivity contribution >= 4 is 55.1 Å². The van der Waals surface area contributed by atoms with Crippen molar-refractivity contribution in [2.75, 3.05) is 21.3 Å². The molecule has 4 aliphatic heterocycles. The number of aryl methyl sites for hydroxylation is 1. The maximum atomic E-state index is 16.7. The molecule has 1 spiro atoms. The largest absolute Gasteiger partial charge is 0.441 e. The summed E-state index contributed by atoms with van der Waals surface area (Å²) in [5, 5.41) is 18.9. The first kappa shape index (κ1) is 41.0. The first-order valence-electron chi connectivity index (χ1n) is 20.1. The average Bonchev–Trinajstić information content (AvgIpc) is 3.84. The standard InChI is InChI=1S/C43H47FN6O9Si/c1-25-41(60(4,5)44)36(17-18-47-23-34(45-46-47)32(24-51)29-9-7-6-8-10-29)59-43(25)33-19-31(50-38(55)21-40(50)58-27(3)53)15-16-35(33)48(42(43)56)22-28-11-13-30(14-12-28)49-37(54)20-39(49)57-26(2)52/h6-16,19,23,25,32,36,39-41,51H,17-18,20-22,24H2,1-5H3/t25-,32?,36+,39?,40?,41-,43+/m1/s1. The Morgan fingerprint density at radius 1 is 0.933 bits per heavy atom. The van der Waals surface area contributed by atoms with Gasteiger partial charge in [0.25, 0.3) is 5.91 Å². The molecular weight excluding hydrogens is 792 g/mol. The van der Waals surface area contributed by atoms with Gasteiger partial charge in [0.15, 0.2) is 18.1 Å². The van der Waals surface area contributed by atoms with Crippen molar-refractivity contribution in [3.63, 3.8) is 0 Å². The van der Waals surface area contributed by atoms with E-state index in [2.05, 4.69) is 10.3 Å². The van der Waals surface area contributed by atoms with E-state index in [0.29, 0.717) is 41.3 Å². The third-order valence-corrected chi connectivity index (χ3v) is 14.6. The van der Waals surface area contributed by atoms with E-state index in [1.54, 1.807) is 71.3 Å². The van der Waals surface area contributed by atoms with Crippen LogP contribution in [0.3, 0.4) is 0 Å². The Balaban J connectivity index is 1.12. The van der Waals surface area contributed by atoms with Gasteiger partial charge in [0.05, 0.1) is 49.4 Å². The van der Waals surface area contributed by atoms with Gasteiger partial charge in [-0.25, -0.2) is 0 Å². The number of benzene rings is 3. The first-order chi connectivity index (χ1) is 28.6. The van der Waals surface area contributed by atoms with E-state index >= 15 is 8.90 Å². The van der Waals surface area contributed by atoms with E-state index < -0.39 is 56.0 Å². The van der Waals surface area contributed by atoms with Crippen molar-refractivity contribution in [1.82, 2.24) is 15.0 Å². The normalized spacial score (nSPS) is 25.3. The van der Waals surface area contributed by atoms with Gasteiger partial charge in [-0.2, -0.15) is 0 Å². The minimum absolute atomic E-state index is 0.0145. The van der Waals surface area contributed by atoms with Crippen LogP contribution in [0, 0.1) is 5.92 Å². The van der Waals surface area contributed by atoms with Crippen LogP contribution in [0.4, 0.5) is 21.2 Å². The molecule has 3 amide bonds. The summed E-state index contributed by atoms with van der Waals surface area (Å²) in [5.41, 5.74) is 1.90. The molecular formula is C43H47FN6O9Si. The van der Waals surface area contributed by atoms with Gasteiger partial charge in [0.2, 0.25) is 20.2 Å². The number of hydrogen-bond donors (Lipinski definition) is 1. The van der Waals surface area contributed by atoms with Gasteiger partial charge in [-0.05, 0) is 61.0 Å².